The average molecular weight is 168 g/mol. The first-order valence-corrected chi connectivity index (χ1v) is 4.69. The van der Waals surface area contributed by atoms with Gasteiger partial charge in [-0.15, -0.1) is 0 Å². The molecule has 0 aromatic carbocycles. The highest BCUT2D eigenvalue weighted by Crippen LogP contribution is 2.35. The van der Waals surface area contributed by atoms with Crippen molar-refractivity contribution in [3.05, 3.63) is 0 Å². The SMILES string of the molecule is CN1C[C@H]2CC[C@@H](C1)C2NC=O. The smallest absolute Gasteiger partial charge is 0.207 e. The Morgan fingerprint density at radius 1 is 1.33 bits per heavy atom. The van der Waals surface area contributed by atoms with E-state index in [1.54, 1.807) is 0 Å². The summed E-state index contributed by atoms with van der Waals surface area (Å²) in [6, 6.07) is 0.471. The number of rotatable bonds is 2. The van der Waals surface area contributed by atoms with Crippen molar-refractivity contribution in [1.82, 2.24) is 10.2 Å². The van der Waals surface area contributed by atoms with Crippen LogP contribution >= 0.6 is 0 Å². The van der Waals surface area contributed by atoms with Crippen molar-refractivity contribution >= 4 is 6.41 Å². The van der Waals surface area contributed by atoms with E-state index >= 15 is 0 Å². The summed E-state index contributed by atoms with van der Waals surface area (Å²) in [5, 5.41) is 2.96. The molecule has 0 radical (unpaired) electrons. The van der Waals surface area contributed by atoms with Crippen molar-refractivity contribution < 1.29 is 4.79 Å². The van der Waals surface area contributed by atoms with Crippen molar-refractivity contribution in [2.75, 3.05) is 20.1 Å². The maximum absolute atomic E-state index is 10.3. The van der Waals surface area contributed by atoms with E-state index < -0.39 is 0 Å². The van der Waals surface area contributed by atoms with Gasteiger partial charge in [-0.3, -0.25) is 4.79 Å². The van der Waals surface area contributed by atoms with E-state index in [1.165, 1.54) is 12.8 Å². The van der Waals surface area contributed by atoms with Crippen molar-refractivity contribution in [3.63, 3.8) is 0 Å². The largest absolute Gasteiger partial charge is 0.355 e. The third kappa shape index (κ3) is 1.22. The van der Waals surface area contributed by atoms with Gasteiger partial charge in [0, 0.05) is 19.1 Å². The van der Waals surface area contributed by atoms with E-state index in [1.807, 2.05) is 0 Å². The highest BCUT2D eigenvalue weighted by Gasteiger charge is 2.40. The number of nitrogens with one attached hydrogen (secondary N) is 1. The predicted octanol–water partition coefficient (Wildman–Crippen LogP) is 0.0726. The standard InChI is InChI=1S/C9H16N2O/c1-11-4-7-2-3-8(5-11)9(7)10-6-12/h6-9H,2-5H2,1H3,(H,10,12)/t7-,8+,9?. The van der Waals surface area contributed by atoms with Crippen LogP contribution in [0.4, 0.5) is 0 Å². The molecule has 2 bridgehead atoms. The van der Waals surface area contributed by atoms with Crippen LogP contribution in [0.5, 0.6) is 0 Å². The number of carbonyl (C=O) groups is 1. The van der Waals surface area contributed by atoms with E-state index in [2.05, 4.69) is 17.3 Å². The van der Waals surface area contributed by atoms with Gasteiger partial charge in [-0.1, -0.05) is 0 Å². The topological polar surface area (TPSA) is 32.3 Å². The molecule has 1 unspecified atom stereocenters. The van der Waals surface area contributed by atoms with Crippen LogP contribution in [0.2, 0.25) is 0 Å². The lowest BCUT2D eigenvalue weighted by Crippen LogP contribution is -2.49. The fourth-order valence-electron chi connectivity index (χ4n) is 2.81. The Bertz CT molecular complexity index is 169. The van der Waals surface area contributed by atoms with Gasteiger partial charge in [-0.2, -0.15) is 0 Å². The predicted molar refractivity (Wildman–Crippen MR) is 46.7 cm³/mol. The molecule has 1 amide bonds. The van der Waals surface area contributed by atoms with Crippen LogP contribution in [-0.2, 0) is 4.79 Å². The first kappa shape index (κ1) is 8.05. The minimum absolute atomic E-state index is 0.471. The first-order valence-electron chi connectivity index (χ1n) is 4.69. The zero-order valence-corrected chi connectivity index (χ0v) is 7.49. The number of piperidine rings is 1. The molecule has 1 N–H and O–H groups in total. The molecule has 68 valence electrons. The maximum atomic E-state index is 10.3. The van der Waals surface area contributed by atoms with Crippen LogP contribution in [0, 0.1) is 11.8 Å². The Morgan fingerprint density at radius 2 is 1.92 bits per heavy atom. The molecule has 1 saturated carbocycles. The van der Waals surface area contributed by atoms with E-state index in [0.717, 1.165) is 19.5 Å². The van der Waals surface area contributed by atoms with Gasteiger partial charge in [-0.05, 0) is 31.7 Å². The van der Waals surface area contributed by atoms with Crippen LogP contribution in [0.15, 0.2) is 0 Å². The minimum atomic E-state index is 0.471. The Morgan fingerprint density at radius 3 is 2.42 bits per heavy atom. The Hall–Kier alpha value is -0.570. The van der Waals surface area contributed by atoms with Crippen LogP contribution < -0.4 is 5.32 Å². The number of hydrogen-bond acceptors (Lipinski definition) is 2. The normalized spacial score (nSPS) is 41.2. The van der Waals surface area contributed by atoms with Gasteiger partial charge in [0.1, 0.15) is 0 Å². The highest BCUT2D eigenvalue weighted by atomic mass is 16.1. The van der Waals surface area contributed by atoms with Crippen molar-refractivity contribution in [2.45, 2.75) is 18.9 Å². The lowest BCUT2D eigenvalue weighted by molar-refractivity contribution is -0.111. The van der Waals surface area contributed by atoms with Gasteiger partial charge in [0.05, 0.1) is 0 Å². The molecular formula is C9H16N2O. The van der Waals surface area contributed by atoms with Gasteiger partial charge in [0.25, 0.3) is 0 Å². The van der Waals surface area contributed by atoms with E-state index in [0.29, 0.717) is 17.9 Å². The second kappa shape index (κ2) is 3.05. The molecule has 2 aliphatic rings. The van der Waals surface area contributed by atoms with Crippen LogP contribution in [0.1, 0.15) is 12.8 Å². The molecule has 3 heteroatoms. The Labute approximate surface area is 73.1 Å². The summed E-state index contributed by atoms with van der Waals surface area (Å²) in [5.41, 5.74) is 0. The number of amides is 1. The number of hydrogen-bond donors (Lipinski definition) is 1. The molecule has 0 spiro atoms. The van der Waals surface area contributed by atoms with Crippen molar-refractivity contribution in [3.8, 4) is 0 Å². The Kier molecular flexibility index (Phi) is 2.05. The zero-order chi connectivity index (χ0) is 8.55. The third-order valence-corrected chi connectivity index (χ3v) is 3.28. The summed E-state index contributed by atoms with van der Waals surface area (Å²) in [6.45, 7) is 2.31. The first-order chi connectivity index (χ1) is 5.81. The lowest BCUT2D eigenvalue weighted by atomic mass is 9.93. The third-order valence-electron chi connectivity index (χ3n) is 3.28. The number of nitrogens with zero attached hydrogens (tertiary/aromatic N) is 1. The summed E-state index contributed by atoms with van der Waals surface area (Å²) in [4.78, 5) is 12.7. The molecule has 0 aromatic heterocycles. The summed E-state index contributed by atoms with van der Waals surface area (Å²) in [7, 11) is 2.17. The number of carbonyl (C=O) groups excluding carboxylic acids is 1. The quantitative estimate of drug-likeness (QED) is 0.592. The average Bonchev–Trinajstić information content (AvgIpc) is 2.32. The lowest BCUT2D eigenvalue weighted by Gasteiger charge is -2.35. The molecule has 3 nitrogen and oxygen atoms in total. The fourth-order valence-corrected chi connectivity index (χ4v) is 2.81. The fraction of sp³-hybridized carbons (Fsp3) is 0.889. The monoisotopic (exact) mass is 168 g/mol. The van der Waals surface area contributed by atoms with Gasteiger partial charge < -0.3 is 10.2 Å². The maximum Gasteiger partial charge on any atom is 0.207 e. The summed E-state index contributed by atoms with van der Waals surface area (Å²) in [6.07, 6.45) is 3.45. The van der Waals surface area contributed by atoms with Crippen LogP contribution in [0.25, 0.3) is 0 Å². The Balaban J connectivity index is 2.03. The molecule has 1 aliphatic heterocycles. The van der Waals surface area contributed by atoms with E-state index in [9.17, 15) is 4.79 Å². The molecule has 0 aromatic rings. The highest BCUT2D eigenvalue weighted by molar-refractivity contribution is 5.47. The molecule has 12 heavy (non-hydrogen) atoms. The summed E-state index contributed by atoms with van der Waals surface area (Å²) >= 11 is 0. The van der Waals surface area contributed by atoms with Crippen LogP contribution in [0.3, 0.4) is 0 Å². The van der Waals surface area contributed by atoms with Gasteiger partial charge in [0.15, 0.2) is 0 Å². The summed E-state index contributed by atoms with van der Waals surface area (Å²) in [5.74, 6) is 1.41. The molecule has 1 heterocycles. The van der Waals surface area contributed by atoms with Crippen LogP contribution in [-0.4, -0.2) is 37.5 Å². The minimum Gasteiger partial charge on any atom is -0.355 e. The van der Waals surface area contributed by atoms with Crippen molar-refractivity contribution in [1.29, 1.82) is 0 Å². The zero-order valence-electron chi connectivity index (χ0n) is 7.49. The van der Waals surface area contributed by atoms with E-state index in [-0.39, 0.29) is 0 Å². The van der Waals surface area contributed by atoms with Gasteiger partial charge in [-0.25, -0.2) is 0 Å². The summed E-state index contributed by atoms with van der Waals surface area (Å²) < 4.78 is 0. The molecule has 1 saturated heterocycles. The molecule has 3 atom stereocenters. The molecule has 2 rings (SSSR count). The molecular weight excluding hydrogens is 152 g/mol. The molecule has 2 fully saturated rings. The van der Waals surface area contributed by atoms with Gasteiger partial charge >= 0.3 is 0 Å². The second-order valence-electron chi connectivity index (χ2n) is 4.13. The van der Waals surface area contributed by atoms with Crippen molar-refractivity contribution in [2.24, 2.45) is 11.8 Å². The van der Waals surface area contributed by atoms with Gasteiger partial charge in [0.2, 0.25) is 6.41 Å². The number of likely N-dealkylation sites (tertiary alicyclic amines) is 1. The second-order valence-corrected chi connectivity index (χ2v) is 4.13. The molecule has 1 aliphatic carbocycles. The number of fused-ring (bicyclic) bond motifs is 2. The van der Waals surface area contributed by atoms with E-state index in [4.69, 9.17) is 0 Å².